The highest BCUT2D eigenvalue weighted by Crippen LogP contribution is 2.30. The molecule has 0 N–H and O–H groups in total. The maximum Gasteiger partial charge on any atom is 0.176 e. The lowest BCUT2D eigenvalue weighted by Gasteiger charge is -2.19. The first-order valence-electron chi connectivity index (χ1n) is 27.6. The van der Waals surface area contributed by atoms with Gasteiger partial charge in [0.25, 0.3) is 0 Å². The molecule has 3 aromatic rings. The zero-order valence-corrected chi connectivity index (χ0v) is 52.2. The molecule has 0 spiro atoms. The fourth-order valence-corrected chi connectivity index (χ4v) is 7.18. The van der Waals surface area contributed by atoms with Gasteiger partial charge in [-0.15, -0.1) is 41.8 Å². The van der Waals surface area contributed by atoms with Gasteiger partial charge in [-0.1, -0.05) is 333 Å². The van der Waals surface area contributed by atoms with Crippen molar-refractivity contribution in [3.63, 3.8) is 0 Å². The monoisotopic (exact) mass is 998 g/mol. The van der Waals surface area contributed by atoms with E-state index in [4.69, 9.17) is 0 Å². The van der Waals surface area contributed by atoms with Crippen molar-refractivity contribution in [2.45, 2.75) is 182 Å². The van der Waals surface area contributed by atoms with Gasteiger partial charge in [0, 0.05) is 0 Å². The summed E-state index contributed by atoms with van der Waals surface area (Å²) < 4.78 is 0. The van der Waals surface area contributed by atoms with Crippen molar-refractivity contribution >= 4 is 36.4 Å². The van der Waals surface area contributed by atoms with Gasteiger partial charge < -0.3 is 0 Å². The first-order valence-corrected chi connectivity index (χ1v) is 27.6. The van der Waals surface area contributed by atoms with Crippen molar-refractivity contribution in [3.05, 3.63) is 226 Å². The Bertz CT molecular complexity index is 2160. The third-order valence-electron chi connectivity index (χ3n) is 12.6. The second-order valence-corrected chi connectivity index (χ2v) is 28.0. The molecule has 0 aliphatic carbocycles. The van der Waals surface area contributed by atoms with E-state index in [1.165, 1.54) is 44.3 Å². The van der Waals surface area contributed by atoms with Crippen LogP contribution in [-0.2, 0) is 16.2 Å². The molecule has 75 heavy (non-hydrogen) atoms. The highest BCUT2D eigenvalue weighted by atomic mass is 14.2. The standard InChI is InChI=1S/3C10H14.5C8H12B/c3*1-10(2,3)9-7-5-4-6-8-9;2*1-8(2,3)7-4-5-9-6-7;3*1-8(2,3)7-5-4-6-9-7/h3*4-8H,1-3H3;5*4-6H,1-3H3. The summed E-state index contributed by atoms with van der Waals surface area (Å²) in [6.45, 7) is 53.4. The van der Waals surface area contributed by atoms with Gasteiger partial charge in [-0.3, -0.25) is 0 Å². The van der Waals surface area contributed by atoms with Crippen LogP contribution < -0.4 is 0 Å². The SMILES string of the molecule is CC(C)(C)C1=CC=C[B]1.CC(C)(C)C1=CC=C[B]1.CC(C)(C)C1=CC=C[B]1.CC(C)(C)C1=C[B]C=C1.CC(C)(C)C1=C[B]C=C1.CC(C)(C)c1ccccc1.CC(C)(C)c1ccccc1.CC(C)(C)c1ccccc1. The Hall–Kier alpha value is -4.62. The predicted molar refractivity (Wildman–Crippen MR) is 348 cm³/mol. The van der Waals surface area contributed by atoms with Crippen LogP contribution in [0.25, 0.3) is 0 Å². The molecule has 397 valence electrons. The average molecular weight is 998 g/mol. The fourth-order valence-electron chi connectivity index (χ4n) is 7.18. The normalized spacial score (nSPS) is 15.1. The van der Waals surface area contributed by atoms with Crippen LogP contribution in [0, 0.1) is 27.1 Å². The Morgan fingerprint density at radius 1 is 0.253 bits per heavy atom. The van der Waals surface area contributed by atoms with Crippen LogP contribution in [0.3, 0.4) is 0 Å². The molecule has 0 nitrogen and oxygen atoms in total. The van der Waals surface area contributed by atoms with Crippen molar-refractivity contribution < 1.29 is 0 Å². The zero-order chi connectivity index (χ0) is 57.4. The number of allylic oxidation sites excluding steroid dienone is 13. The summed E-state index contributed by atoms with van der Waals surface area (Å²) in [7, 11) is 10.7. The topological polar surface area (TPSA) is 0 Å². The summed E-state index contributed by atoms with van der Waals surface area (Å²) in [5, 5.41) is 0. The van der Waals surface area contributed by atoms with Gasteiger partial charge in [0.2, 0.25) is 0 Å². The van der Waals surface area contributed by atoms with Crippen LogP contribution in [0.5, 0.6) is 0 Å². The van der Waals surface area contributed by atoms with E-state index in [1.54, 1.807) is 0 Å². The van der Waals surface area contributed by atoms with E-state index in [2.05, 4.69) is 384 Å². The van der Waals surface area contributed by atoms with Crippen molar-refractivity contribution in [2.75, 3.05) is 0 Å². The van der Waals surface area contributed by atoms with E-state index in [9.17, 15) is 0 Å². The Morgan fingerprint density at radius 2 is 0.480 bits per heavy atom. The number of rotatable bonds is 0. The van der Waals surface area contributed by atoms with Gasteiger partial charge in [-0.25, -0.2) is 0 Å². The molecule has 0 bridgehead atoms. The van der Waals surface area contributed by atoms with Gasteiger partial charge in [-0.05, 0) is 60.0 Å². The van der Waals surface area contributed by atoms with Crippen LogP contribution in [0.15, 0.2) is 209 Å². The molecule has 0 amide bonds. The van der Waals surface area contributed by atoms with Crippen molar-refractivity contribution in [1.29, 1.82) is 0 Å². The third-order valence-corrected chi connectivity index (χ3v) is 12.6. The van der Waals surface area contributed by atoms with Gasteiger partial charge in [0.05, 0.1) is 0 Å². The molecule has 0 atom stereocenters. The molecule has 5 heteroatoms. The van der Waals surface area contributed by atoms with Crippen molar-refractivity contribution in [1.82, 2.24) is 0 Å². The zero-order valence-electron chi connectivity index (χ0n) is 52.2. The fraction of sp³-hybridized carbons (Fsp3) is 0.457. The summed E-state index contributed by atoms with van der Waals surface area (Å²) in [6.07, 6.45) is 17.1. The molecule has 5 radical (unpaired) electrons. The maximum absolute atomic E-state index is 2.22. The second-order valence-electron chi connectivity index (χ2n) is 28.0. The first-order chi connectivity index (χ1) is 34.3. The molecule has 0 saturated heterocycles. The minimum absolute atomic E-state index is 0.293. The average Bonchev–Trinajstić information content (AvgIpc) is 4.16. The lowest BCUT2D eigenvalue weighted by atomic mass is 9.62. The Morgan fingerprint density at radius 3 is 0.573 bits per heavy atom. The second kappa shape index (κ2) is 31.0. The van der Waals surface area contributed by atoms with Crippen LogP contribution >= 0.6 is 0 Å². The Kier molecular flexibility index (Phi) is 28.2. The molecular weight excluding hydrogens is 895 g/mol. The highest BCUT2D eigenvalue weighted by molar-refractivity contribution is 6.53. The quantitative estimate of drug-likeness (QED) is 0.197. The molecular formula is C70H102B5. The molecule has 5 heterocycles. The van der Waals surface area contributed by atoms with Gasteiger partial charge in [0.1, 0.15) is 0 Å². The molecule has 5 aliphatic rings. The van der Waals surface area contributed by atoms with E-state index in [0.29, 0.717) is 43.3 Å². The lowest BCUT2D eigenvalue weighted by molar-refractivity contribution is 0.518. The maximum atomic E-state index is 2.22. The summed E-state index contributed by atoms with van der Waals surface area (Å²) >= 11 is 0. The van der Waals surface area contributed by atoms with Crippen LogP contribution in [0.1, 0.15) is 183 Å². The first kappa shape index (κ1) is 68.4. The summed E-state index contributed by atoms with van der Waals surface area (Å²) in [6, 6.07) is 31.7. The Labute approximate surface area is 469 Å². The minimum atomic E-state index is 0.293. The molecule has 0 fully saturated rings. The van der Waals surface area contributed by atoms with E-state index >= 15 is 0 Å². The molecule has 3 aromatic carbocycles. The van der Waals surface area contributed by atoms with E-state index in [0.717, 1.165) is 0 Å². The summed E-state index contributed by atoms with van der Waals surface area (Å²) in [5.74, 6) is 14.8. The summed E-state index contributed by atoms with van der Waals surface area (Å²) in [4.78, 5) is 0. The summed E-state index contributed by atoms with van der Waals surface area (Å²) in [5.41, 5.74) is 13.8. The Balaban J connectivity index is 0.000000429. The van der Waals surface area contributed by atoms with Gasteiger partial charge in [-0.2, -0.15) is 0 Å². The number of hydrogen-bond donors (Lipinski definition) is 0. The van der Waals surface area contributed by atoms with Crippen LogP contribution in [-0.4, -0.2) is 36.4 Å². The van der Waals surface area contributed by atoms with Crippen molar-refractivity contribution in [2.24, 2.45) is 27.1 Å². The third kappa shape index (κ3) is 30.1. The van der Waals surface area contributed by atoms with E-state index < -0.39 is 0 Å². The number of benzene rings is 3. The largest absolute Gasteiger partial charge is 0.176 e. The molecule has 5 aliphatic heterocycles. The lowest BCUT2D eigenvalue weighted by Crippen LogP contribution is -2.11. The smallest absolute Gasteiger partial charge is 0.117 e. The molecule has 8 rings (SSSR count). The molecule has 0 aromatic heterocycles. The van der Waals surface area contributed by atoms with E-state index in [1.807, 2.05) is 0 Å². The van der Waals surface area contributed by atoms with Gasteiger partial charge >= 0.3 is 0 Å². The predicted octanol–water partition coefficient (Wildman–Crippen LogP) is 19.7. The van der Waals surface area contributed by atoms with Crippen LogP contribution in [0.2, 0.25) is 0 Å². The molecule has 0 saturated carbocycles. The molecule has 0 unspecified atom stereocenters. The highest BCUT2D eigenvalue weighted by Gasteiger charge is 2.20. The van der Waals surface area contributed by atoms with E-state index in [-0.39, 0.29) is 0 Å². The van der Waals surface area contributed by atoms with Gasteiger partial charge in [0.15, 0.2) is 36.4 Å². The number of hydrogen-bond acceptors (Lipinski definition) is 0. The van der Waals surface area contributed by atoms with Crippen molar-refractivity contribution in [3.8, 4) is 0 Å². The van der Waals surface area contributed by atoms with Crippen LogP contribution in [0.4, 0.5) is 0 Å². The minimum Gasteiger partial charge on any atom is -0.117 e.